The number of hydrogen-bond acceptors (Lipinski definition) is 4. The van der Waals surface area contributed by atoms with Crippen LogP contribution in [0.15, 0.2) is 102 Å². The van der Waals surface area contributed by atoms with Gasteiger partial charge in [0.25, 0.3) is 0 Å². The Labute approximate surface area is 342 Å². The largest absolute Gasteiger partial charge is 0.486 e. The van der Waals surface area contributed by atoms with Crippen LogP contribution in [0.3, 0.4) is 0 Å². The van der Waals surface area contributed by atoms with Gasteiger partial charge in [0, 0.05) is 55.8 Å². The van der Waals surface area contributed by atoms with Crippen LogP contribution in [0.2, 0.25) is 0 Å². The van der Waals surface area contributed by atoms with Gasteiger partial charge in [-0.25, -0.2) is 4.98 Å². The zero-order chi connectivity index (χ0) is 44.9. The van der Waals surface area contributed by atoms with E-state index in [0.29, 0.717) is 33.8 Å². The van der Waals surface area contributed by atoms with Crippen LogP contribution in [0, 0.1) is 37.7 Å². The summed E-state index contributed by atoms with van der Waals surface area (Å²) >= 11 is 0. The molecule has 0 amide bonds. The molecular weight excluding hydrogens is 827 g/mol. The van der Waals surface area contributed by atoms with Crippen molar-refractivity contribution in [1.82, 2.24) is 15.0 Å². The number of aryl methyl sites for hydroxylation is 2. The molecule has 53 heavy (non-hydrogen) atoms. The zero-order valence-electron chi connectivity index (χ0n) is 40.5. The Hall–Kier alpha value is -4.44. The van der Waals surface area contributed by atoms with E-state index < -0.39 is 31.4 Å². The van der Waals surface area contributed by atoms with E-state index in [9.17, 15) is 1.37 Å². The first-order valence-corrected chi connectivity index (χ1v) is 17.7. The molecule has 0 aliphatic carbocycles. The van der Waals surface area contributed by atoms with E-state index in [2.05, 4.69) is 22.1 Å². The molecule has 275 valence electrons. The van der Waals surface area contributed by atoms with Crippen molar-refractivity contribution < 1.29 is 36.9 Å². The minimum absolute atomic E-state index is 0. The summed E-state index contributed by atoms with van der Waals surface area (Å²) in [7, 11) is 0. The van der Waals surface area contributed by atoms with Crippen LogP contribution in [0.5, 0.6) is 0 Å². The number of aromatic nitrogens is 3. The molecule has 0 aliphatic rings. The number of furan rings is 1. The number of hydrogen-bond donors (Lipinski definition) is 0. The van der Waals surface area contributed by atoms with E-state index in [1.165, 1.54) is 12.4 Å². The fraction of sp³-hybridized carbons (Fsp3) is 0.312. The van der Waals surface area contributed by atoms with Crippen LogP contribution in [0.1, 0.15) is 113 Å². The van der Waals surface area contributed by atoms with Gasteiger partial charge in [-0.05, 0) is 94.6 Å². The molecule has 4 aromatic heterocycles. The summed E-state index contributed by atoms with van der Waals surface area (Å²) in [6.07, 6.45) is 2.77. The predicted octanol–water partition coefficient (Wildman–Crippen LogP) is 13.3. The Morgan fingerprint density at radius 1 is 0.660 bits per heavy atom. The summed E-state index contributed by atoms with van der Waals surface area (Å²) < 4.78 is 79.9. The molecule has 0 saturated carbocycles. The smallest absolute Gasteiger partial charge is 0.216 e. The fourth-order valence-electron chi connectivity index (χ4n) is 6.84. The fourth-order valence-corrected chi connectivity index (χ4v) is 6.84. The van der Waals surface area contributed by atoms with Crippen molar-refractivity contribution in [3.63, 3.8) is 0 Å². The van der Waals surface area contributed by atoms with Gasteiger partial charge in [-0.15, -0.1) is 54.1 Å². The normalized spacial score (nSPS) is 15.1. The van der Waals surface area contributed by atoms with Crippen LogP contribution in [-0.2, 0) is 20.1 Å². The summed E-state index contributed by atoms with van der Waals surface area (Å²) in [5.74, 6) is -3.32. The molecule has 1 radical (unpaired) electrons. The summed E-state index contributed by atoms with van der Waals surface area (Å²) in [6.45, 7) is 10.6. The summed E-state index contributed by atoms with van der Waals surface area (Å²) in [5.41, 5.74) is 7.22. The SMILES string of the molecule is [2H]C([2H])([2H])c1ccc(-c2[c-]cccc2)nc1.[2H]C([2H])([2H])c1cnc(-c2[c-]ccc3c2oc2nc(-c4c(C([2H])(C)C)cccc4C([2H])(C)C)ccc23)cc1C([2H])(C(C)C)C(C)C.[Ir]. The van der Waals surface area contributed by atoms with Crippen molar-refractivity contribution >= 4 is 22.1 Å². The van der Waals surface area contributed by atoms with Gasteiger partial charge in [0.1, 0.15) is 0 Å². The molecule has 3 aromatic carbocycles. The quantitative estimate of drug-likeness (QED) is 0.143. The van der Waals surface area contributed by atoms with Gasteiger partial charge in [-0.1, -0.05) is 103 Å². The van der Waals surface area contributed by atoms with Crippen molar-refractivity contribution in [2.24, 2.45) is 11.8 Å². The van der Waals surface area contributed by atoms with Gasteiger partial charge in [0.05, 0.1) is 11.3 Å². The monoisotopic (exact) mass is 887 g/mol. The summed E-state index contributed by atoms with van der Waals surface area (Å²) in [6, 6.07) is 32.0. The van der Waals surface area contributed by atoms with Crippen LogP contribution >= 0.6 is 0 Å². The molecule has 4 nitrogen and oxygen atoms in total. The minimum atomic E-state index is -2.43. The average molecular weight is 887 g/mol. The number of pyridine rings is 3. The van der Waals surface area contributed by atoms with Gasteiger partial charge in [-0.3, -0.25) is 0 Å². The van der Waals surface area contributed by atoms with E-state index in [4.69, 9.17) is 20.4 Å². The molecule has 0 bridgehead atoms. The number of nitrogens with zero attached hydrogens (tertiary/aromatic N) is 3. The molecule has 0 fully saturated rings. The molecule has 7 rings (SSSR count). The third-order valence-electron chi connectivity index (χ3n) is 9.16. The molecule has 0 N–H and O–H groups in total. The molecule has 0 atom stereocenters. The van der Waals surface area contributed by atoms with Gasteiger partial charge < -0.3 is 14.4 Å². The number of rotatable bonds is 8. The molecule has 5 heteroatoms. The molecule has 0 spiro atoms. The van der Waals surface area contributed by atoms with E-state index >= 15 is 0 Å². The second kappa shape index (κ2) is 17.1. The Morgan fingerprint density at radius 2 is 1.38 bits per heavy atom. The predicted molar refractivity (Wildman–Crippen MR) is 218 cm³/mol. The Bertz CT molecular complexity index is 2620. The average Bonchev–Trinajstić information content (AvgIpc) is 3.57. The molecular formula is C48H51IrN3O-2. The molecule has 0 unspecified atom stereocenters. The molecule has 4 heterocycles. The maximum atomic E-state index is 9.48. The Kier molecular flexibility index (Phi) is 9.37. The minimum Gasteiger partial charge on any atom is -0.486 e. The second-order valence-corrected chi connectivity index (χ2v) is 14.1. The first kappa shape index (κ1) is 29.0. The summed E-state index contributed by atoms with van der Waals surface area (Å²) in [5, 5.41) is 1.60. The van der Waals surface area contributed by atoms with E-state index in [0.717, 1.165) is 38.7 Å². The van der Waals surface area contributed by atoms with Crippen molar-refractivity contribution in [1.29, 1.82) is 0 Å². The van der Waals surface area contributed by atoms with Crippen LogP contribution < -0.4 is 0 Å². The van der Waals surface area contributed by atoms with Gasteiger partial charge >= 0.3 is 0 Å². The standard InChI is InChI=1S/C36H41N2O.C12H10N.Ir/c1-20(2)25-12-10-13-26(21(3)4)34(25)31-17-16-28-27-14-11-15-29(35(27)39-36(28)38-31)32-18-30(24(9)19-37-32)33(22(5)6)23(7)8;1-10-7-8-12(13-9-10)11-5-3-2-4-6-11;/h10-14,16-23,33H,1-9H3;2-5,7-9H,1H3;/q2*-1;/i9D3,20D,21D,33D;1D3;. The van der Waals surface area contributed by atoms with Gasteiger partial charge in [0.2, 0.25) is 5.71 Å². The first-order valence-electron chi connectivity index (χ1n) is 22.2. The maximum absolute atomic E-state index is 9.48. The molecule has 0 aliphatic heterocycles. The van der Waals surface area contributed by atoms with Crippen LogP contribution in [0.25, 0.3) is 55.8 Å². The van der Waals surface area contributed by atoms with Crippen molar-refractivity contribution in [2.45, 2.75) is 86.8 Å². The molecule has 0 saturated heterocycles. The third kappa shape index (κ3) is 8.53. The third-order valence-corrected chi connectivity index (χ3v) is 9.16. The van der Waals surface area contributed by atoms with Crippen molar-refractivity contribution in [2.75, 3.05) is 0 Å². The Morgan fingerprint density at radius 3 is 1.98 bits per heavy atom. The van der Waals surface area contributed by atoms with E-state index in [1.807, 2.05) is 110 Å². The second-order valence-electron chi connectivity index (χ2n) is 14.1. The first-order chi connectivity index (χ1) is 28.3. The zero-order valence-corrected chi connectivity index (χ0v) is 33.9. The van der Waals surface area contributed by atoms with Gasteiger partial charge in [0.15, 0.2) is 0 Å². The van der Waals surface area contributed by atoms with Crippen molar-refractivity contribution in [3.05, 3.63) is 137 Å². The van der Waals surface area contributed by atoms with E-state index in [-0.39, 0.29) is 43.1 Å². The summed E-state index contributed by atoms with van der Waals surface area (Å²) in [4.78, 5) is 13.6. The Balaban J connectivity index is 0.000000358. The number of benzene rings is 3. The van der Waals surface area contributed by atoms with E-state index in [1.54, 1.807) is 30.3 Å². The van der Waals surface area contributed by atoms with Crippen LogP contribution in [-0.4, -0.2) is 15.0 Å². The van der Waals surface area contributed by atoms with Crippen molar-refractivity contribution in [3.8, 4) is 33.8 Å². The van der Waals surface area contributed by atoms with Gasteiger partial charge in [-0.2, -0.15) is 0 Å². The maximum Gasteiger partial charge on any atom is 0.216 e. The topological polar surface area (TPSA) is 51.8 Å². The van der Waals surface area contributed by atoms with Crippen LogP contribution in [0.4, 0.5) is 0 Å². The number of fused-ring (bicyclic) bond motifs is 3. The molecule has 7 aromatic rings.